The lowest BCUT2D eigenvalue weighted by Crippen LogP contribution is -2.57. The van der Waals surface area contributed by atoms with Crippen LogP contribution in [-0.4, -0.2) is 111 Å². The second kappa shape index (κ2) is 19.0. The second-order valence-electron chi connectivity index (χ2n) is 16.4. The van der Waals surface area contributed by atoms with Gasteiger partial charge in [-0.25, -0.2) is 0 Å². The average molecular weight is 896 g/mol. The van der Waals surface area contributed by atoms with Crippen LogP contribution >= 0.6 is 45.9 Å². The van der Waals surface area contributed by atoms with Crippen LogP contribution in [0.3, 0.4) is 0 Å². The van der Waals surface area contributed by atoms with Gasteiger partial charge in [0.1, 0.15) is 11.1 Å². The molecule has 2 aromatic carbocycles. The summed E-state index contributed by atoms with van der Waals surface area (Å²) in [4.78, 5) is 57.5. The van der Waals surface area contributed by atoms with Crippen LogP contribution < -0.4 is 21.3 Å². The molecule has 60 heavy (non-hydrogen) atoms. The smallest absolute Gasteiger partial charge is 0.262 e. The van der Waals surface area contributed by atoms with Gasteiger partial charge < -0.3 is 40.5 Å². The molecule has 8 rings (SSSR count). The number of amides is 4. The molecular weight excluding hydrogens is 844 g/mol. The number of hydrogen-bond acceptors (Lipinski definition) is 10. The maximum Gasteiger partial charge on any atom is 0.262 e. The summed E-state index contributed by atoms with van der Waals surface area (Å²) in [7, 11) is 4.27. The monoisotopic (exact) mass is 894 g/mol. The lowest BCUT2D eigenvalue weighted by molar-refractivity contribution is -0.122. The van der Waals surface area contributed by atoms with Crippen LogP contribution in [0.15, 0.2) is 60.7 Å². The van der Waals surface area contributed by atoms with E-state index in [-0.39, 0.29) is 36.8 Å². The highest BCUT2D eigenvalue weighted by molar-refractivity contribution is 7.18. The third kappa shape index (κ3) is 10.2. The van der Waals surface area contributed by atoms with Crippen molar-refractivity contribution >= 4 is 80.9 Å². The van der Waals surface area contributed by atoms with Gasteiger partial charge in [-0.2, -0.15) is 0 Å². The number of fused-ring (bicyclic) bond motifs is 2. The van der Waals surface area contributed by atoms with Gasteiger partial charge in [-0.15, -0.1) is 22.7 Å². The number of ether oxygens (including phenoxy) is 2. The number of carbonyl (C=O) groups excluding carboxylic acids is 4. The van der Waals surface area contributed by atoms with E-state index in [9.17, 15) is 19.2 Å². The van der Waals surface area contributed by atoms with Crippen molar-refractivity contribution in [2.75, 3.05) is 77.3 Å². The van der Waals surface area contributed by atoms with Crippen LogP contribution in [0.5, 0.6) is 0 Å². The summed E-state index contributed by atoms with van der Waals surface area (Å²) < 4.78 is 12.1. The first kappa shape index (κ1) is 44.2. The number of benzene rings is 2. The first-order chi connectivity index (χ1) is 28.7. The summed E-state index contributed by atoms with van der Waals surface area (Å²) in [6.07, 6.45) is 2.86. The normalized spacial score (nSPS) is 24.2. The predicted molar refractivity (Wildman–Crippen MR) is 239 cm³/mol. The zero-order chi connectivity index (χ0) is 42.6. The van der Waals surface area contributed by atoms with Crippen molar-refractivity contribution in [1.29, 1.82) is 0 Å². The number of nitrogens with one attached hydrogen (secondary N) is 4. The molecule has 4 atom stereocenters. The Kier molecular flexibility index (Phi) is 14.0. The van der Waals surface area contributed by atoms with E-state index in [1.165, 1.54) is 44.9 Å². The van der Waals surface area contributed by atoms with Crippen molar-refractivity contribution in [3.8, 4) is 0 Å². The van der Waals surface area contributed by atoms with Gasteiger partial charge in [0.05, 0.1) is 31.6 Å². The Labute approximate surface area is 369 Å². The Balaban J connectivity index is 0.000000181. The SMILES string of the molecule is C[C@@H]1CN(C)CCc2ccc(NC(=O)[C@@]3(NC(=O)c4ccc(Cl)s4)CCOC3)cc21.C[C@H]1CN(C)CCc2ccc(NC(=O)[C@@]3(NC(=O)c4ccc(Cl)s4)CCOC3)cc21. The summed E-state index contributed by atoms with van der Waals surface area (Å²) in [5.74, 6) is -0.367. The maximum absolute atomic E-state index is 13.2. The molecule has 0 radical (unpaired) electrons. The van der Waals surface area contributed by atoms with Crippen LogP contribution in [0.1, 0.15) is 80.1 Å². The van der Waals surface area contributed by atoms with Gasteiger partial charge in [-0.1, -0.05) is 49.2 Å². The van der Waals surface area contributed by atoms with Crippen LogP contribution in [0.25, 0.3) is 0 Å². The Morgan fingerprint density at radius 2 is 1.07 bits per heavy atom. The van der Waals surface area contributed by atoms with Gasteiger partial charge in [0, 0.05) is 63.6 Å². The van der Waals surface area contributed by atoms with E-state index in [4.69, 9.17) is 32.7 Å². The van der Waals surface area contributed by atoms with Crippen molar-refractivity contribution in [1.82, 2.24) is 20.4 Å². The van der Waals surface area contributed by atoms with E-state index in [2.05, 4.69) is 83.3 Å². The number of rotatable bonds is 8. The zero-order valence-electron chi connectivity index (χ0n) is 34.3. The van der Waals surface area contributed by atoms with Crippen molar-refractivity contribution in [2.24, 2.45) is 0 Å². The molecule has 16 heteroatoms. The lowest BCUT2D eigenvalue weighted by atomic mass is 9.94. The molecule has 4 aromatic rings. The summed E-state index contributed by atoms with van der Waals surface area (Å²) in [6, 6.07) is 18.9. The van der Waals surface area contributed by atoms with Gasteiger partial charge in [-0.3, -0.25) is 19.2 Å². The van der Waals surface area contributed by atoms with Crippen molar-refractivity contribution in [3.63, 3.8) is 0 Å². The molecule has 12 nitrogen and oxygen atoms in total. The summed E-state index contributed by atoms with van der Waals surface area (Å²) >= 11 is 14.3. The van der Waals surface area contributed by atoms with Crippen molar-refractivity contribution in [3.05, 3.63) is 101 Å². The molecule has 4 amide bonds. The fourth-order valence-electron chi connectivity index (χ4n) is 8.39. The minimum Gasteiger partial charge on any atom is -0.378 e. The van der Waals surface area contributed by atoms with Crippen molar-refractivity contribution in [2.45, 2.75) is 62.4 Å². The molecule has 320 valence electrons. The Morgan fingerprint density at radius 1 is 0.650 bits per heavy atom. The lowest BCUT2D eigenvalue weighted by Gasteiger charge is -2.27. The molecule has 6 heterocycles. The number of halogens is 2. The van der Waals surface area contributed by atoms with E-state index in [1.54, 1.807) is 24.3 Å². The molecule has 0 aliphatic carbocycles. The highest BCUT2D eigenvalue weighted by Crippen LogP contribution is 2.32. The molecule has 0 bridgehead atoms. The Hall–Kier alpha value is -3.86. The first-order valence-corrected chi connectivity index (χ1v) is 22.7. The first-order valence-electron chi connectivity index (χ1n) is 20.3. The maximum atomic E-state index is 13.2. The van der Waals surface area contributed by atoms with Gasteiger partial charge in [0.25, 0.3) is 23.6 Å². The number of nitrogens with zero attached hydrogens (tertiary/aromatic N) is 2. The molecule has 0 unspecified atom stereocenters. The van der Waals surface area contributed by atoms with E-state index in [0.717, 1.165) is 50.4 Å². The molecule has 4 aliphatic heterocycles. The number of likely N-dealkylation sites (N-methyl/N-ethyl adjacent to an activating group) is 2. The molecule has 2 aromatic heterocycles. The van der Waals surface area contributed by atoms with Gasteiger partial charge in [-0.05, 0) is 110 Å². The van der Waals surface area contributed by atoms with Crippen LogP contribution in [0, 0.1) is 0 Å². The van der Waals surface area contributed by atoms with Gasteiger partial charge >= 0.3 is 0 Å². The van der Waals surface area contributed by atoms with E-state index < -0.39 is 11.1 Å². The van der Waals surface area contributed by atoms with Crippen LogP contribution in [0.2, 0.25) is 8.67 Å². The minimum atomic E-state index is -1.09. The topological polar surface area (TPSA) is 141 Å². The highest BCUT2D eigenvalue weighted by atomic mass is 35.5. The Morgan fingerprint density at radius 3 is 1.42 bits per heavy atom. The number of thiophene rings is 2. The standard InChI is InChI=1S/2C22H26ClN3O3S/c2*1-14-12-26(2)9-7-15-3-4-16(11-17(14)15)24-21(28)22(8-10-29-13-22)25-20(27)18-5-6-19(23)30-18/h2*3-6,11,14H,7-10,12-13H2,1-2H3,(H,24,28)(H,25,27)/t14-,22+;14-,22-/m01/s1. The molecule has 2 saturated heterocycles. The number of carbonyl (C=O) groups is 4. The second-order valence-corrected chi connectivity index (χ2v) is 19.9. The molecule has 2 fully saturated rings. The molecular formula is C44H52Cl2N6O6S2. The molecule has 4 aliphatic rings. The minimum absolute atomic E-state index is 0.149. The van der Waals surface area contributed by atoms with Gasteiger partial charge in [0.2, 0.25) is 0 Å². The third-order valence-electron chi connectivity index (χ3n) is 11.8. The fraction of sp³-hybridized carbons (Fsp3) is 0.455. The zero-order valence-corrected chi connectivity index (χ0v) is 37.5. The predicted octanol–water partition coefficient (Wildman–Crippen LogP) is 7.04. The van der Waals surface area contributed by atoms with Crippen molar-refractivity contribution < 1.29 is 28.7 Å². The van der Waals surface area contributed by atoms with Gasteiger partial charge in [0.15, 0.2) is 0 Å². The quantitative estimate of drug-likeness (QED) is 0.148. The summed E-state index contributed by atoms with van der Waals surface area (Å²) in [5.41, 5.74) is 4.50. The highest BCUT2D eigenvalue weighted by Gasteiger charge is 2.45. The molecule has 0 spiro atoms. The van der Waals surface area contributed by atoms with E-state index >= 15 is 0 Å². The van der Waals surface area contributed by atoms with Crippen LogP contribution in [-0.2, 0) is 31.9 Å². The summed E-state index contributed by atoms with van der Waals surface area (Å²) in [6.45, 7) is 9.61. The van der Waals surface area contributed by atoms with E-state index in [1.807, 2.05) is 12.1 Å². The number of hydrogen-bond donors (Lipinski definition) is 4. The summed E-state index contributed by atoms with van der Waals surface area (Å²) in [5, 5.41) is 11.8. The third-order valence-corrected chi connectivity index (χ3v) is 14.2. The molecule has 0 saturated carbocycles. The van der Waals surface area contributed by atoms with E-state index in [0.29, 0.717) is 56.3 Å². The molecule has 4 N–H and O–H groups in total. The largest absolute Gasteiger partial charge is 0.378 e. The number of anilines is 2. The van der Waals surface area contributed by atoms with Crippen LogP contribution in [0.4, 0.5) is 11.4 Å². The fourth-order valence-corrected chi connectivity index (χ4v) is 10.3. The Bertz CT molecular complexity index is 2060. The average Bonchev–Trinajstić information content (AvgIpc) is 4.04.